The molecule has 20 heavy (non-hydrogen) atoms. The van der Waals surface area contributed by atoms with Crippen LogP contribution in [0.4, 0.5) is 5.69 Å². The van der Waals surface area contributed by atoms with E-state index in [4.69, 9.17) is 4.74 Å². The van der Waals surface area contributed by atoms with Crippen molar-refractivity contribution < 1.29 is 9.53 Å². The van der Waals surface area contributed by atoms with E-state index in [0.29, 0.717) is 0 Å². The predicted molar refractivity (Wildman–Crippen MR) is 84.8 cm³/mol. The Bertz CT molecular complexity index is 621. The van der Waals surface area contributed by atoms with Crippen molar-refractivity contribution in [3.05, 3.63) is 64.6 Å². The molecule has 0 heterocycles. The number of carbonyl (C=O) groups excluding carboxylic acids is 1. The monoisotopic (exact) mass is 331 g/mol. The number of benzene rings is 2. The summed E-state index contributed by atoms with van der Waals surface area (Å²) < 4.78 is 6.01. The third-order valence-corrected chi connectivity index (χ3v) is 3.40. The van der Waals surface area contributed by atoms with Gasteiger partial charge in [-0.25, -0.2) is 0 Å². The molecule has 0 spiro atoms. The SMILES string of the molecule is COc1ccc(NC(=O)/C=C/c2ccccc2Br)cc1. The highest BCUT2D eigenvalue weighted by Crippen LogP contribution is 2.18. The van der Waals surface area contributed by atoms with Gasteiger partial charge in [-0.1, -0.05) is 34.1 Å². The van der Waals surface area contributed by atoms with Crippen LogP contribution < -0.4 is 10.1 Å². The molecule has 0 saturated carbocycles. The van der Waals surface area contributed by atoms with E-state index in [2.05, 4.69) is 21.2 Å². The number of hydrogen-bond donors (Lipinski definition) is 1. The molecular weight excluding hydrogens is 318 g/mol. The highest BCUT2D eigenvalue weighted by atomic mass is 79.9. The van der Waals surface area contributed by atoms with Gasteiger partial charge in [0.2, 0.25) is 5.91 Å². The number of ether oxygens (including phenoxy) is 1. The summed E-state index contributed by atoms with van der Waals surface area (Å²) in [6, 6.07) is 14.9. The van der Waals surface area contributed by atoms with E-state index >= 15 is 0 Å². The molecule has 0 aliphatic carbocycles. The first-order chi connectivity index (χ1) is 9.69. The van der Waals surface area contributed by atoms with Crippen LogP contribution in [-0.2, 0) is 4.79 Å². The molecule has 0 aromatic heterocycles. The molecule has 4 heteroatoms. The van der Waals surface area contributed by atoms with Crippen LogP contribution in [0.5, 0.6) is 5.75 Å². The molecule has 1 N–H and O–H groups in total. The predicted octanol–water partition coefficient (Wildman–Crippen LogP) is 4.11. The first kappa shape index (κ1) is 14.3. The smallest absolute Gasteiger partial charge is 0.248 e. The van der Waals surface area contributed by atoms with E-state index in [1.165, 1.54) is 6.08 Å². The maximum Gasteiger partial charge on any atom is 0.248 e. The molecular formula is C16H14BrNO2. The normalized spacial score (nSPS) is 10.5. The van der Waals surface area contributed by atoms with E-state index in [1.54, 1.807) is 37.5 Å². The minimum atomic E-state index is -0.175. The fraction of sp³-hybridized carbons (Fsp3) is 0.0625. The van der Waals surface area contributed by atoms with Crippen molar-refractivity contribution in [3.8, 4) is 5.75 Å². The zero-order valence-electron chi connectivity index (χ0n) is 11.0. The summed E-state index contributed by atoms with van der Waals surface area (Å²) in [6.07, 6.45) is 3.27. The van der Waals surface area contributed by atoms with Gasteiger partial charge in [0.15, 0.2) is 0 Å². The van der Waals surface area contributed by atoms with E-state index in [0.717, 1.165) is 21.5 Å². The third kappa shape index (κ3) is 3.96. The molecule has 0 bridgehead atoms. The molecule has 2 aromatic rings. The quantitative estimate of drug-likeness (QED) is 0.856. The molecule has 1 amide bonds. The first-order valence-corrected chi connectivity index (χ1v) is 6.86. The van der Waals surface area contributed by atoms with Gasteiger partial charge in [0.25, 0.3) is 0 Å². The van der Waals surface area contributed by atoms with Crippen molar-refractivity contribution in [2.75, 3.05) is 12.4 Å². The van der Waals surface area contributed by atoms with Gasteiger partial charge in [-0.2, -0.15) is 0 Å². The van der Waals surface area contributed by atoms with Crippen molar-refractivity contribution in [2.45, 2.75) is 0 Å². The molecule has 0 unspecified atom stereocenters. The Labute approximate surface area is 126 Å². The summed E-state index contributed by atoms with van der Waals surface area (Å²) in [5, 5.41) is 2.79. The van der Waals surface area contributed by atoms with Crippen LogP contribution in [-0.4, -0.2) is 13.0 Å². The summed E-state index contributed by atoms with van der Waals surface area (Å²) in [6.45, 7) is 0. The number of nitrogens with one attached hydrogen (secondary N) is 1. The second-order valence-electron chi connectivity index (χ2n) is 4.07. The molecule has 0 radical (unpaired) electrons. The van der Waals surface area contributed by atoms with Crippen molar-refractivity contribution >= 4 is 33.6 Å². The number of methoxy groups -OCH3 is 1. The Morgan fingerprint density at radius 1 is 1.15 bits per heavy atom. The maximum absolute atomic E-state index is 11.8. The fourth-order valence-corrected chi connectivity index (χ4v) is 2.05. The number of halogens is 1. The average molecular weight is 332 g/mol. The molecule has 0 aliphatic rings. The van der Waals surface area contributed by atoms with Crippen LogP contribution >= 0.6 is 15.9 Å². The van der Waals surface area contributed by atoms with Gasteiger partial charge in [-0.15, -0.1) is 0 Å². The van der Waals surface area contributed by atoms with Crippen molar-refractivity contribution in [3.63, 3.8) is 0 Å². The second kappa shape index (κ2) is 6.91. The second-order valence-corrected chi connectivity index (χ2v) is 4.93. The summed E-state index contributed by atoms with van der Waals surface area (Å²) in [5.41, 5.74) is 1.69. The first-order valence-electron chi connectivity index (χ1n) is 6.06. The summed E-state index contributed by atoms with van der Waals surface area (Å²) in [7, 11) is 1.61. The lowest BCUT2D eigenvalue weighted by molar-refractivity contribution is -0.111. The largest absolute Gasteiger partial charge is 0.497 e. The van der Waals surface area contributed by atoms with Crippen molar-refractivity contribution in [2.24, 2.45) is 0 Å². The molecule has 0 fully saturated rings. The lowest BCUT2D eigenvalue weighted by atomic mass is 10.2. The minimum absolute atomic E-state index is 0.175. The van der Waals surface area contributed by atoms with Crippen LogP contribution in [0.3, 0.4) is 0 Å². The average Bonchev–Trinajstić information content (AvgIpc) is 2.47. The van der Waals surface area contributed by atoms with Crippen LogP contribution in [0.25, 0.3) is 6.08 Å². The summed E-state index contributed by atoms with van der Waals surface area (Å²) in [5.74, 6) is 0.581. The maximum atomic E-state index is 11.8. The van der Waals surface area contributed by atoms with Gasteiger partial charge < -0.3 is 10.1 Å². The number of anilines is 1. The molecule has 0 atom stereocenters. The Kier molecular flexibility index (Phi) is 4.96. The molecule has 2 rings (SSSR count). The zero-order valence-corrected chi connectivity index (χ0v) is 12.6. The number of rotatable bonds is 4. The number of hydrogen-bond acceptors (Lipinski definition) is 2. The standard InChI is InChI=1S/C16H14BrNO2/c1-20-14-9-7-13(8-10-14)18-16(19)11-6-12-4-2-3-5-15(12)17/h2-11H,1H3,(H,18,19)/b11-6+. The Morgan fingerprint density at radius 3 is 2.50 bits per heavy atom. The molecule has 0 saturated heterocycles. The van der Waals surface area contributed by atoms with E-state index in [9.17, 15) is 4.79 Å². The van der Waals surface area contributed by atoms with Gasteiger partial charge in [0.05, 0.1) is 7.11 Å². The molecule has 0 aliphatic heterocycles. The van der Waals surface area contributed by atoms with Gasteiger partial charge in [0, 0.05) is 16.2 Å². The lowest BCUT2D eigenvalue weighted by Crippen LogP contribution is -2.07. The Hall–Kier alpha value is -2.07. The van der Waals surface area contributed by atoms with Crippen LogP contribution in [0.2, 0.25) is 0 Å². The van der Waals surface area contributed by atoms with Crippen molar-refractivity contribution in [1.29, 1.82) is 0 Å². The summed E-state index contributed by atoms with van der Waals surface area (Å²) in [4.78, 5) is 11.8. The molecule has 3 nitrogen and oxygen atoms in total. The van der Waals surface area contributed by atoms with Gasteiger partial charge in [-0.3, -0.25) is 4.79 Å². The Morgan fingerprint density at radius 2 is 1.85 bits per heavy atom. The fourth-order valence-electron chi connectivity index (χ4n) is 1.63. The van der Waals surface area contributed by atoms with E-state index in [-0.39, 0.29) is 5.91 Å². The van der Waals surface area contributed by atoms with Gasteiger partial charge in [-0.05, 0) is 42.0 Å². The number of amides is 1. The Balaban J connectivity index is 2.00. The van der Waals surface area contributed by atoms with Crippen LogP contribution in [0.1, 0.15) is 5.56 Å². The zero-order chi connectivity index (χ0) is 14.4. The van der Waals surface area contributed by atoms with Gasteiger partial charge in [0.1, 0.15) is 5.75 Å². The van der Waals surface area contributed by atoms with Crippen LogP contribution in [0.15, 0.2) is 59.1 Å². The van der Waals surface area contributed by atoms with E-state index in [1.807, 2.05) is 24.3 Å². The number of carbonyl (C=O) groups is 1. The third-order valence-electron chi connectivity index (χ3n) is 2.68. The van der Waals surface area contributed by atoms with E-state index < -0.39 is 0 Å². The van der Waals surface area contributed by atoms with Crippen LogP contribution in [0, 0.1) is 0 Å². The highest BCUT2D eigenvalue weighted by molar-refractivity contribution is 9.10. The highest BCUT2D eigenvalue weighted by Gasteiger charge is 1.99. The van der Waals surface area contributed by atoms with Gasteiger partial charge >= 0.3 is 0 Å². The molecule has 102 valence electrons. The van der Waals surface area contributed by atoms with Crippen molar-refractivity contribution in [1.82, 2.24) is 0 Å². The molecule has 2 aromatic carbocycles. The topological polar surface area (TPSA) is 38.3 Å². The minimum Gasteiger partial charge on any atom is -0.497 e. The summed E-state index contributed by atoms with van der Waals surface area (Å²) >= 11 is 3.43. The lowest BCUT2D eigenvalue weighted by Gasteiger charge is -2.04.